The molecule has 0 saturated carbocycles. The topological polar surface area (TPSA) is 93.1 Å². The molecule has 2 N–H and O–H groups in total. The Kier molecular flexibility index (Phi) is 3.49. The average Bonchev–Trinajstić information content (AvgIpc) is 2.93. The number of carbonyl (C=O) groups is 2. The summed E-state index contributed by atoms with van der Waals surface area (Å²) in [6.45, 7) is 1.51. The number of benzene rings is 3. The molecule has 5 rings (SSSR count). The number of fused-ring (bicyclic) bond motifs is 6. The molecular weight excluding hydrogens is 372 g/mol. The minimum absolute atomic E-state index is 0.00243. The highest BCUT2D eigenvalue weighted by Gasteiger charge is 2.53. The van der Waals surface area contributed by atoms with Gasteiger partial charge < -0.3 is 19.7 Å². The van der Waals surface area contributed by atoms with E-state index in [1.807, 2.05) is 0 Å². The van der Waals surface area contributed by atoms with Crippen molar-refractivity contribution in [1.82, 2.24) is 0 Å². The third-order valence-corrected chi connectivity index (χ3v) is 5.29. The molecule has 0 unspecified atom stereocenters. The normalized spacial score (nSPS) is 15.1. The zero-order chi connectivity index (χ0) is 20.3. The number of rotatable bonds is 2. The number of hydrogen-bond acceptors (Lipinski definition) is 6. The van der Waals surface area contributed by atoms with Gasteiger partial charge in [0.2, 0.25) is 0 Å². The Bertz CT molecular complexity index is 1160. The number of ether oxygens (including phenoxy) is 2. The molecule has 3 aromatic carbocycles. The molecule has 2 aliphatic rings. The van der Waals surface area contributed by atoms with Crippen LogP contribution in [0, 0.1) is 0 Å². The van der Waals surface area contributed by atoms with E-state index >= 15 is 0 Å². The van der Waals surface area contributed by atoms with E-state index < -0.39 is 11.6 Å². The van der Waals surface area contributed by atoms with Crippen molar-refractivity contribution in [3.8, 4) is 23.0 Å². The second kappa shape index (κ2) is 5.85. The summed E-state index contributed by atoms with van der Waals surface area (Å²) in [5.74, 6) is 0.150. The van der Waals surface area contributed by atoms with Crippen molar-refractivity contribution in [1.29, 1.82) is 0 Å². The lowest BCUT2D eigenvalue weighted by molar-refractivity contribution is -0.116. The van der Waals surface area contributed by atoms with Gasteiger partial charge in [0.15, 0.2) is 5.60 Å². The molecule has 0 amide bonds. The van der Waals surface area contributed by atoms with E-state index in [-0.39, 0.29) is 23.7 Å². The Hall–Kier alpha value is -3.80. The molecule has 2 heterocycles. The van der Waals surface area contributed by atoms with Gasteiger partial charge in [-0.3, -0.25) is 4.79 Å². The number of hydrogen-bond donors (Lipinski definition) is 2. The number of ketones is 1. The molecule has 6 nitrogen and oxygen atoms in total. The fourth-order valence-electron chi connectivity index (χ4n) is 4.14. The summed E-state index contributed by atoms with van der Waals surface area (Å²) >= 11 is 0. The number of phenols is 2. The van der Waals surface area contributed by atoms with Gasteiger partial charge >= 0.3 is 5.97 Å². The maximum absolute atomic E-state index is 12.8. The molecule has 0 atom stereocenters. The van der Waals surface area contributed by atoms with E-state index in [1.54, 1.807) is 30.3 Å². The molecule has 29 heavy (non-hydrogen) atoms. The number of carbonyl (C=O) groups excluding carboxylic acids is 2. The Morgan fingerprint density at radius 1 is 0.897 bits per heavy atom. The molecule has 0 radical (unpaired) electrons. The van der Waals surface area contributed by atoms with Crippen molar-refractivity contribution < 1.29 is 29.3 Å². The standard InChI is InChI=1S/C23H16O6/c1-12(24)8-13-2-5-16-19(9-13)23(29-22(16)27)17-6-3-14(25)10-20(17)28-21-11-15(26)4-7-18(21)23/h2-7,9-11,25-26H,8H2,1H3. The van der Waals surface area contributed by atoms with Gasteiger partial charge in [-0.05, 0) is 48.9 Å². The van der Waals surface area contributed by atoms with Crippen LogP contribution in [0.3, 0.4) is 0 Å². The maximum atomic E-state index is 12.8. The summed E-state index contributed by atoms with van der Waals surface area (Å²) in [7, 11) is 0. The quantitative estimate of drug-likeness (QED) is 0.649. The lowest BCUT2D eigenvalue weighted by atomic mass is 9.77. The van der Waals surface area contributed by atoms with Crippen LogP contribution < -0.4 is 4.74 Å². The first-order chi connectivity index (χ1) is 13.9. The minimum Gasteiger partial charge on any atom is -0.508 e. The summed E-state index contributed by atoms with van der Waals surface area (Å²) in [6.07, 6.45) is 0.235. The molecule has 0 aliphatic carbocycles. The Balaban J connectivity index is 1.85. The van der Waals surface area contributed by atoms with Gasteiger partial charge in [0.1, 0.15) is 28.8 Å². The van der Waals surface area contributed by atoms with E-state index in [0.717, 1.165) is 5.56 Å². The molecule has 3 aromatic rings. The Morgan fingerprint density at radius 3 is 2.10 bits per heavy atom. The van der Waals surface area contributed by atoms with Crippen LogP contribution in [0.2, 0.25) is 0 Å². The highest BCUT2D eigenvalue weighted by molar-refractivity contribution is 5.97. The molecular formula is C23H16O6. The van der Waals surface area contributed by atoms with Gasteiger partial charge in [0.25, 0.3) is 0 Å². The van der Waals surface area contributed by atoms with Crippen molar-refractivity contribution in [3.63, 3.8) is 0 Å². The van der Waals surface area contributed by atoms with Crippen LogP contribution in [0.4, 0.5) is 0 Å². The summed E-state index contributed by atoms with van der Waals surface area (Å²) in [6, 6.07) is 14.4. The van der Waals surface area contributed by atoms with Gasteiger partial charge in [0, 0.05) is 35.2 Å². The van der Waals surface area contributed by atoms with Crippen LogP contribution in [0.15, 0.2) is 54.6 Å². The van der Waals surface area contributed by atoms with E-state index in [9.17, 15) is 19.8 Å². The van der Waals surface area contributed by atoms with Crippen LogP contribution >= 0.6 is 0 Å². The molecule has 144 valence electrons. The van der Waals surface area contributed by atoms with Crippen LogP contribution in [0.5, 0.6) is 23.0 Å². The maximum Gasteiger partial charge on any atom is 0.340 e. The first kappa shape index (κ1) is 17.3. The second-order valence-electron chi connectivity index (χ2n) is 7.29. The highest BCUT2D eigenvalue weighted by Crippen LogP contribution is 2.57. The molecule has 0 aromatic heterocycles. The summed E-state index contributed by atoms with van der Waals surface area (Å²) in [4.78, 5) is 24.4. The Morgan fingerprint density at radius 2 is 1.52 bits per heavy atom. The summed E-state index contributed by atoms with van der Waals surface area (Å²) < 4.78 is 11.9. The van der Waals surface area contributed by atoms with E-state index in [1.165, 1.54) is 31.2 Å². The van der Waals surface area contributed by atoms with Crippen LogP contribution in [0.1, 0.15) is 39.5 Å². The SMILES string of the molecule is CC(=O)Cc1ccc2c(c1)C1(OC2=O)c2ccc(O)cc2Oc2cc(O)ccc21. The van der Waals surface area contributed by atoms with E-state index in [0.29, 0.717) is 33.8 Å². The van der Waals surface area contributed by atoms with Gasteiger partial charge in [0.05, 0.1) is 5.56 Å². The monoisotopic (exact) mass is 388 g/mol. The van der Waals surface area contributed by atoms with Crippen molar-refractivity contribution in [3.05, 3.63) is 82.4 Å². The minimum atomic E-state index is -1.30. The molecule has 0 bridgehead atoms. The zero-order valence-electron chi connectivity index (χ0n) is 15.4. The van der Waals surface area contributed by atoms with Crippen molar-refractivity contribution >= 4 is 11.8 Å². The summed E-state index contributed by atoms with van der Waals surface area (Å²) in [5, 5.41) is 19.9. The lowest BCUT2D eigenvalue weighted by Gasteiger charge is -2.36. The third kappa shape index (κ3) is 2.42. The fourth-order valence-corrected chi connectivity index (χ4v) is 4.14. The van der Waals surface area contributed by atoms with Gasteiger partial charge in [-0.2, -0.15) is 0 Å². The zero-order valence-corrected chi connectivity index (χ0v) is 15.4. The van der Waals surface area contributed by atoms with E-state index in [4.69, 9.17) is 9.47 Å². The van der Waals surface area contributed by atoms with Crippen molar-refractivity contribution in [2.24, 2.45) is 0 Å². The van der Waals surface area contributed by atoms with Crippen LogP contribution in [-0.2, 0) is 21.6 Å². The summed E-state index contributed by atoms with van der Waals surface area (Å²) in [5.41, 5.74) is 1.58. The fraction of sp³-hybridized carbons (Fsp3) is 0.130. The molecule has 6 heteroatoms. The van der Waals surface area contributed by atoms with Crippen molar-refractivity contribution in [2.45, 2.75) is 18.9 Å². The highest BCUT2D eigenvalue weighted by atomic mass is 16.6. The number of esters is 1. The van der Waals surface area contributed by atoms with Gasteiger partial charge in [-0.1, -0.05) is 6.07 Å². The molecule has 0 saturated heterocycles. The largest absolute Gasteiger partial charge is 0.508 e. The molecule has 2 aliphatic heterocycles. The first-order valence-electron chi connectivity index (χ1n) is 9.09. The van der Waals surface area contributed by atoms with E-state index in [2.05, 4.69) is 0 Å². The molecule has 1 spiro atoms. The average molecular weight is 388 g/mol. The van der Waals surface area contributed by atoms with Gasteiger partial charge in [-0.15, -0.1) is 0 Å². The predicted octanol–water partition coefficient (Wildman–Crippen LogP) is 3.80. The second-order valence-corrected chi connectivity index (χ2v) is 7.29. The third-order valence-electron chi connectivity index (χ3n) is 5.29. The number of aromatic hydroxyl groups is 2. The smallest absolute Gasteiger partial charge is 0.340 e. The Labute approximate surface area is 165 Å². The van der Waals surface area contributed by atoms with Crippen LogP contribution in [0.25, 0.3) is 0 Å². The van der Waals surface area contributed by atoms with Gasteiger partial charge in [-0.25, -0.2) is 4.79 Å². The number of Topliss-reactive ketones (excluding diaryl/α,β-unsaturated/α-hetero) is 1. The predicted molar refractivity (Wildman–Crippen MR) is 102 cm³/mol. The van der Waals surface area contributed by atoms with Crippen LogP contribution in [-0.4, -0.2) is 22.0 Å². The number of phenolic OH excluding ortho intramolecular Hbond substituents is 2. The first-order valence-corrected chi connectivity index (χ1v) is 9.09. The van der Waals surface area contributed by atoms with Crippen molar-refractivity contribution in [2.75, 3.05) is 0 Å². The molecule has 0 fully saturated rings. The lowest BCUT2D eigenvalue weighted by Crippen LogP contribution is -2.33.